The molecular weight excluding hydrogens is 960 g/mol. The van der Waals surface area contributed by atoms with E-state index in [0.717, 1.165) is 44.9 Å². The lowest BCUT2D eigenvalue weighted by Crippen LogP contribution is -2.45. The van der Waals surface area contributed by atoms with Crippen LogP contribution in [-0.4, -0.2) is 68.5 Å². The molecule has 3 unspecified atom stereocenters. The molecule has 0 aromatic carbocycles. The van der Waals surface area contributed by atoms with Gasteiger partial charge in [0.1, 0.15) is 13.2 Å². The van der Waals surface area contributed by atoms with Gasteiger partial charge in [-0.2, -0.15) is 0 Å². The molecule has 0 aliphatic heterocycles. The second-order valence-corrected chi connectivity index (χ2v) is 25.6. The largest absolute Gasteiger partial charge is 0.756 e. The van der Waals surface area contributed by atoms with Gasteiger partial charge in [0.15, 0.2) is 0 Å². The Morgan fingerprint density at radius 3 is 1.07 bits per heavy atom. The van der Waals surface area contributed by atoms with Crippen LogP contribution in [0.15, 0.2) is 36.5 Å². The average molecular weight is 1090 g/mol. The summed E-state index contributed by atoms with van der Waals surface area (Å²) in [5.41, 5.74) is 0. The summed E-state index contributed by atoms with van der Waals surface area (Å²) < 4.78 is 23.4. The number of amides is 1. The lowest BCUT2D eigenvalue weighted by atomic mass is 10.0. The van der Waals surface area contributed by atoms with E-state index in [1.807, 2.05) is 27.2 Å². The Bertz CT molecular complexity index is 1330. The Kier molecular flexibility index (Phi) is 57.4. The number of unbranched alkanes of at least 4 members (excludes halogenated alkanes) is 45. The van der Waals surface area contributed by atoms with Crippen molar-refractivity contribution >= 4 is 13.7 Å². The van der Waals surface area contributed by atoms with Gasteiger partial charge >= 0.3 is 0 Å². The molecule has 0 aliphatic carbocycles. The van der Waals surface area contributed by atoms with Crippen LogP contribution in [0.5, 0.6) is 0 Å². The van der Waals surface area contributed by atoms with Crippen molar-refractivity contribution in [3.05, 3.63) is 36.5 Å². The van der Waals surface area contributed by atoms with Crippen LogP contribution in [0.3, 0.4) is 0 Å². The van der Waals surface area contributed by atoms with E-state index in [4.69, 9.17) is 9.05 Å². The molecule has 450 valence electrons. The summed E-state index contributed by atoms with van der Waals surface area (Å²) in [5, 5.41) is 13.9. The third kappa shape index (κ3) is 60.4. The Morgan fingerprint density at radius 1 is 0.447 bits per heavy atom. The molecule has 0 aromatic heterocycles. The zero-order valence-corrected chi connectivity index (χ0v) is 52.4. The first-order valence-electron chi connectivity index (χ1n) is 33.4. The Morgan fingerprint density at radius 2 is 0.737 bits per heavy atom. The third-order valence-corrected chi connectivity index (χ3v) is 16.3. The first kappa shape index (κ1) is 74.7. The van der Waals surface area contributed by atoms with Crippen molar-refractivity contribution in [1.82, 2.24) is 5.32 Å². The van der Waals surface area contributed by atoms with E-state index in [9.17, 15) is 19.4 Å². The van der Waals surface area contributed by atoms with Crippen LogP contribution in [0, 0.1) is 0 Å². The van der Waals surface area contributed by atoms with Crippen molar-refractivity contribution in [2.45, 2.75) is 347 Å². The number of aliphatic hydroxyl groups is 1. The average Bonchev–Trinajstić information content (AvgIpc) is 3.38. The third-order valence-electron chi connectivity index (χ3n) is 15.3. The molecule has 0 radical (unpaired) electrons. The Balaban J connectivity index is 4.10. The normalized spacial score (nSPS) is 13.9. The quantitative estimate of drug-likeness (QED) is 0.0272. The van der Waals surface area contributed by atoms with Gasteiger partial charge in [0.2, 0.25) is 5.91 Å². The minimum absolute atomic E-state index is 0.00717. The monoisotopic (exact) mass is 1090 g/mol. The minimum Gasteiger partial charge on any atom is -0.756 e. The Hall–Kier alpha value is -1.28. The molecule has 0 fully saturated rings. The van der Waals surface area contributed by atoms with E-state index in [1.54, 1.807) is 6.08 Å². The molecule has 0 spiro atoms. The molecule has 8 nitrogen and oxygen atoms in total. The van der Waals surface area contributed by atoms with Gasteiger partial charge in [-0.15, -0.1) is 0 Å². The zero-order chi connectivity index (χ0) is 55.6. The van der Waals surface area contributed by atoms with Crippen LogP contribution < -0.4 is 10.2 Å². The van der Waals surface area contributed by atoms with Crippen molar-refractivity contribution < 1.29 is 32.9 Å². The molecule has 0 rings (SSSR count). The second kappa shape index (κ2) is 58.4. The van der Waals surface area contributed by atoms with Crippen molar-refractivity contribution in [1.29, 1.82) is 0 Å². The highest BCUT2D eigenvalue weighted by Crippen LogP contribution is 2.38. The number of nitrogens with zero attached hydrogens (tertiary/aromatic N) is 1. The number of phosphoric ester groups is 1. The number of aliphatic hydroxyl groups excluding tert-OH is 1. The van der Waals surface area contributed by atoms with Crippen molar-refractivity contribution in [2.75, 3.05) is 40.9 Å². The van der Waals surface area contributed by atoms with Gasteiger partial charge in [-0.1, -0.05) is 320 Å². The summed E-state index contributed by atoms with van der Waals surface area (Å²) in [6, 6.07) is -0.909. The van der Waals surface area contributed by atoms with Crippen LogP contribution in [0.2, 0.25) is 0 Å². The van der Waals surface area contributed by atoms with Crippen molar-refractivity contribution in [3.63, 3.8) is 0 Å². The van der Waals surface area contributed by atoms with Crippen LogP contribution >= 0.6 is 7.82 Å². The number of phosphoric acid groups is 1. The molecule has 0 aromatic rings. The fraction of sp³-hybridized carbons (Fsp3) is 0.896. The van der Waals surface area contributed by atoms with Crippen LogP contribution in [0.25, 0.3) is 0 Å². The number of likely N-dealkylation sites (N-methyl/N-ethyl adjacent to an activating group) is 1. The predicted octanol–water partition coefficient (Wildman–Crippen LogP) is 20.3. The smallest absolute Gasteiger partial charge is 0.268 e. The highest BCUT2D eigenvalue weighted by molar-refractivity contribution is 7.45. The van der Waals surface area contributed by atoms with Gasteiger partial charge in [-0.3, -0.25) is 9.36 Å². The molecule has 0 saturated heterocycles. The SMILES string of the molecule is CCCCCCCCCCCCCCC/C=C/CC/C=C/CC/C=C/C(O)C(COP(=O)([O-])OCC[N+](C)(C)C)NC(=O)CCCCCCCCCCCCCCCCCCCCCCCCCCCCCCCCC. The molecule has 0 bridgehead atoms. The molecule has 9 heteroatoms. The number of allylic oxidation sites excluding steroid dienone is 5. The number of hydrogen-bond donors (Lipinski definition) is 2. The lowest BCUT2D eigenvalue weighted by Gasteiger charge is -2.29. The van der Waals surface area contributed by atoms with Gasteiger partial charge in [-0.25, -0.2) is 0 Å². The molecule has 76 heavy (non-hydrogen) atoms. The Labute approximate surface area is 474 Å². The maximum atomic E-state index is 13.0. The zero-order valence-electron chi connectivity index (χ0n) is 51.5. The van der Waals surface area contributed by atoms with E-state index in [-0.39, 0.29) is 12.5 Å². The molecule has 0 heterocycles. The highest BCUT2D eigenvalue weighted by atomic mass is 31.2. The van der Waals surface area contributed by atoms with E-state index in [1.165, 1.54) is 270 Å². The number of nitrogens with one attached hydrogen (secondary N) is 1. The first-order valence-corrected chi connectivity index (χ1v) is 34.8. The second-order valence-electron chi connectivity index (χ2n) is 24.2. The number of carbonyl (C=O) groups excluding carboxylic acids is 1. The van der Waals surface area contributed by atoms with Crippen molar-refractivity contribution in [2.24, 2.45) is 0 Å². The maximum absolute atomic E-state index is 13.0. The number of quaternary nitrogens is 1. The first-order chi connectivity index (χ1) is 37.0. The van der Waals surface area contributed by atoms with Crippen molar-refractivity contribution in [3.8, 4) is 0 Å². The molecule has 3 atom stereocenters. The van der Waals surface area contributed by atoms with Gasteiger partial charge in [0.05, 0.1) is 39.9 Å². The van der Waals surface area contributed by atoms with Gasteiger partial charge < -0.3 is 28.8 Å². The topological polar surface area (TPSA) is 108 Å². The summed E-state index contributed by atoms with van der Waals surface area (Å²) in [7, 11) is 1.25. The maximum Gasteiger partial charge on any atom is 0.268 e. The number of rotatable bonds is 62. The summed E-state index contributed by atoms with van der Waals surface area (Å²) in [6.07, 6.45) is 76.9. The lowest BCUT2D eigenvalue weighted by molar-refractivity contribution is -0.870. The summed E-state index contributed by atoms with van der Waals surface area (Å²) in [4.78, 5) is 25.6. The summed E-state index contributed by atoms with van der Waals surface area (Å²) in [5.74, 6) is -0.204. The standard InChI is InChI=1S/C67H131N2O6P/c1-6-8-10-12-14-16-18-20-22-24-26-28-30-31-32-33-34-35-36-37-39-41-43-45-47-49-51-53-55-57-59-61-67(71)68-65(64-75-76(72,73)74-63-62-69(3,4)5)66(70)60-58-56-54-52-50-48-46-44-42-40-38-29-27-25-23-21-19-17-15-13-11-9-7-2/h42,44,50,52,58,60,65-66,70H,6-41,43,45-49,51,53-57,59,61-64H2,1-5H3,(H-,68,71,72,73)/b44-42+,52-50+,60-58+. The molecule has 1 amide bonds. The minimum atomic E-state index is -4.61. The summed E-state index contributed by atoms with van der Waals surface area (Å²) >= 11 is 0. The van der Waals surface area contributed by atoms with E-state index >= 15 is 0 Å². The molecule has 0 saturated carbocycles. The van der Waals surface area contributed by atoms with Gasteiger partial charge in [0.25, 0.3) is 7.82 Å². The summed E-state index contributed by atoms with van der Waals surface area (Å²) in [6.45, 7) is 4.67. The van der Waals surface area contributed by atoms with Crippen LogP contribution in [-0.2, 0) is 18.4 Å². The van der Waals surface area contributed by atoms with Gasteiger partial charge in [-0.05, 0) is 44.9 Å². The molecule has 2 N–H and O–H groups in total. The number of hydrogen-bond acceptors (Lipinski definition) is 6. The van der Waals surface area contributed by atoms with Crippen LogP contribution in [0.1, 0.15) is 335 Å². The van der Waals surface area contributed by atoms with E-state index in [0.29, 0.717) is 17.4 Å². The molecular formula is C67H131N2O6P. The predicted molar refractivity (Wildman–Crippen MR) is 330 cm³/mol. The van der Waals surface area contributed by atoms with Crippen LogP contribution in [0.4, 0.5) is 0 Å². The fourth-order valence-electron chi connectivity index (χ4n) is 10.1. The number of carbonyl (C=O) groups is 1. The highest BCUT2D eigenvalue weighted by Gasteiger charge is 2.23. The molecule has 0 aliphatic rings. The fourth-order valence-corrected chi connectivity index (χ4v) is 10.9. The van der Waals surface area contributed by atoms with E-state index in [2.05, 4.69) is 43.5 Å². The van der Waals surface area contributed by atoms with Gasteiger partial charge in [0, 0.05) is 6.42 Å². The van der Waals surface area contributed by atoms with E-state index < -0.39 is 26.6 Å².